The maximum Gasteiger partial charge on any atom is 0.238 e. The third-order valence-corrected chi connectivity index (χ3v) is 5.90. The standard InChI is InChI=1S/C20H30N2O2S/c1-4-6-9-13-22(15(3)10-5-2)19(23)14-18-20(24)21-16-11-7-8-12-17(16)25-18/h7-8,11-12,15,18H,4-6,9-10,13-14H2,1-3H3,(H,21,24). The number of amides is 2. The van der Waals surface area contributed by atoms with Gasteiger partial charge < -0.3 is 10.2 Å². The van der Waals surface area contributed by atoms with Gasteiger partial charge in [-0.05, 0) is 31.9 Å². The lowest BCUT2D eigenvalue weighted by molar-refractivity contribution is -0.134. The average molecular weight is 363 g/mol. The Morgan fingerprint density at radius 2 is 2.00 bits per heavy atom. The molecule has 1 aliphatic rings. The van der Waals surface area contributed by atoms with E-state index in [9.17, 15) is 9.59 Å². The number of nitrogens with zero attached hydrogens (tertiary/aromatic N) is 1. The maximum absolute atomic E-state index is 12.9. The predicted molar refractivity (Wildman–Crippen MR) is 105 cm³/mol. The van der Waals surface area contributed by atoms with Crippen LogP contribution in [0.25, 0.3) is 0 Å². The van der Waals surface area contributed by atoms with Gasteiger partial charge in [-0.25, -0.2) is 0 Å². The van der Waals surface area contributed by atoms with Crippen LogP contribution in [-0.4, -0.2) is 34.6 Å². The Bertz CT molecular complexity index is 591. The molecular weight excluding hydrogens is 332 g/mol. The average Bonchev–Trinajstić information content (AvgIpc) is 2.59. The number of benzene rings is 1. The number of thioether (sulfide) groups is 1. The fourth-order valence-corrected chi connectivity index (χ4v) is 4.30. The van der Waals surface area contributed by atoms with Crippen molar-refractivity contribution in [3.8, 4) is 0 Å². The third-order valence-electron chi connectivity index (χ3n) is 4.63. The minimum absolute atomic E-state index is 0.0614. The van der Waals surface area contributed by atoms with E-state index in [1.54, 1.807) is 0 Å². The highest BCUT2D eigenvalue weighted by Gasteiger charge is 2.31. The summed E-state index contributed by atoms with van der Waals surface area (Å²) in [5.74, 6) is 0.0396. The van der Waals surface area contributed by atoms with Gasteiger partial charge in [-0.15, -0.1) is 11.8 Å². The van der Waals surface area contributed by atoms with Crippen LogP contribution in [0.2, 0.25) is 0 Å². The zero-order chi connectivity index (χ0) is 18.2. The molecule has 0 spiro atoms. The van der Waals surface area contributed by atoms with E-state index in [4.69, 9.17) is 0 Å². The van der Waals surface area contributed by atoms with Crippen LogP contribution in [0.1, 0.15) is 59.3 Å². The van der Waals surface area contributed by atoms with Crippen molar-refractivity contribution in [2.75, 3.05) is 11.9 Å². The van der Waals surface area contributed by atoms with Crippen molar-refractivity contribution in [2.24, 2.45) is 0 Å². The molecule has 1 N–H and O–H groups in total. The molecule has 1 aliphatic heterocycles. The summed E-state index contributed by atoms with van der Waals surface area (Å²) in [5.41, 5.74) is 0.848. The first-order chi connectivity index (χ1) is 12.1. The summed E-state index contributed by atoms with van der Waals surface area (Å²) in [6.45, 7) is 7.23. The van der Waals surface area contributed by atoms with Crippen molar-refractivity contribution in [3.05, 3.63) is 24.3 Å². The van der Waals surface area contributed by atoms with Crippen molar-refractivity contribution >= 4 is 29.3 Å². The molecule has 0 radical (unpaired) electrons. The molecule has 2 atom stereocenters. The monoisotopic (exact) mass is 362 g/mol. The molecule has 0 bridgehead atoms. The van der Waals surface area contributed by atoms with Crippen LogP contribution in [-0.2, 0) is 9.59 Å². The van der Waals surface area contributed by atoms with E-state index in [1.165, 1.54) is 11.8 Å². The normalized spacial score (nSPS) is 17.6. The smallest absolute Gasteiger partial charge is 0.238 e. The Labute approximate surface area is 155 Å². The molecule has 1 aromatic rings. The van der Waals surface area contributed by atoms with E-state index in [0.29, 0.717) is 0 Å². The summed E-state index contributed by atoms with van der Waals surface area (Å²) in [6.07, 6.45) is 5.64. The first-order valence-corrected chi connectivity index (χ1v) is 10.3. The second kappa shape index (κ2) is 9.85. The van der Waals surface area contributed by atoms with Crippen LogP contribution in [0.15, 0.2) is 29.2 Å². The predicted octanol–water partition coefficient (Wildman–Crippen LogP) is 4.70. The van der Waals surface area contributed by atoms with Gasteiger partial charge in [0.2, 0.25) is 11.8 Å². The van der Waals surface area contributed by atoms with Crippen LogP contribution in [0.4, 0.5) is 5.69 Å². The summed E-state index contributed by atoms with van der Waals surface area (Å²) in [6, 6.07) is 8.00. The molecule has 0 fully saturated rings. The number of para-hydroxylation sites is 1. The van der Waals surface area contributed by atoms with Crippen molar-refractivity contribution in [1.29, 1.82) is 0 Å². The largest absolute Gasteiger partial charge is 0.340 e. The van der Waals surface area contributed by atoms with Crippen LogP contribution < -0.4 is 5.32 Å². The third kappa shape index (κ3) is 5.50. The van der Waals surface area contributed by atoms with Crippen LogP contribution >= 0.6 is 11.8 Å². The summed E-state index contributed by atoms with van der Waals surface area (Å²) in [4.78, 5) is 28.3. The van der Waals surface area contributed by atoms with Crippen molar-refractivity contribution in [1.82, 2.24) is 4.90 Å². The number of hydrogen-bond donors (Lipinski definition) is 1. The lowest BCUT2D eigenvalue weighted by Gasteiger charge is -2.31. The topological polar surface area (TPSA) is 49.4 Å². The first-order valence-electron chi connectivity index (χ1n) is 9.42. The summed E-state index contributed by atoms with van der Waals surface area (Å²) in [5, 5.41) is 2.59. The van der Waals surface area contributed by atoms with E-state index < -0.39 is 0 Å². The first kappa shape index (κ1) is 19.8. The van der Waals surface area contributed by atoms with E-state index >= 15 is 0 Å². The van der Waals surface area contributed by atoms with Crippen molar-refractivity contribution < 1.29 is 9.59 Å². The highest BCUT2D eigenvalue weighted by atomic mass is 32.2. The molecular formula is C20H30N2O2S. The molecule has 1 heterocycles. The molecule has 25 heavy (non-hydrogen) atoms. The maximum atomic E-state index is 12.9. The number of rotatable bonds is 9. The SMILES string of the molecule is CCCCCN(C(=O)CC1Sc2ccccc2NC1=O)C(C)CCC. The number of hydrogen-bond acceptors (Lipinski definition) is 3. The highest BCUT2D eigenvalue weighted by molar-refractivity contribution is 8.01. The minimum Gasteiger partial charge on any atom is -0.340 e. The van der Waals surface area contributed by atoms with Gasteiger partial charge in [0.25, 0.3) is 0 Å². The molecule has 4 nitrogen and oxygen atoms in total. The summed E-state index contributed by atoms with van der Waals surface area (Å²) in [7, 11) is 0. The van der Waals surface area contributed by atoms with Gasteiger partial charge in [0, 0.05) is 23.9 Å². The van der Waals surface area contributed by atoms with Crippen LogP contribution in [0.3, 0.4) is 0 Å². The van der Waals surface area contributed by atoms with Gasteiger partial charge in [-0.1, -0.05) is 45.2 Å². The van der Waals surface area contributed by atoms with Crippen molar-refractivity contribution in [3.63, 3.8) is 0 Å². The molecule has 2 rings (SSSR count). The number of anilines is 1. The minimum atomic E-state index is -0.343. The Morgan fingerprint density at radius 3 is 2.72 bits per heavy atom. The Kier molecular flexibility index (Phi) is 7.82. The quantitative estimate of drug-likeness (QED) is 0.648. The molecule has 0 aromatic heterocycles. The number of nitrogens with one attached hydrogen (secondary N) is 1. The fraction of sp³-hybridized carbons (Fsp3) is 0.600. The van der Waals surface area contributed by atoms with Gasteiger partial charge in [0.1, 0.15) is 0 Å². The molecule has 2 unspecified atom stereocenters. The second-order valence-corrected chi connectivity index (χ2v) is 7.97. The number of fused-ring (bicyclic) bond motifs is 1. The summed E-state index contributed by atoms with van der Waals surface area (Å²) < 4.78 is 0. The number of unbranched alkanes of at least 4 members (excludes halogenated alkanes) is 2. The Balaban J connectivity index is 2.02. The molecule has 0 saturated carbocycles. The van der Waals surface area contributed by atoms with Gasteiger partial charge in [0.15, 0.2) is 0 Å². The Morgan fingerprint density at radius 1 is 1.24 bits per heavy atom. The second-order valence-electron chi connectivity index (χ2n) is 6.73. The lowest BCUT2D eigenvalue weighted by atomic mass is 10.1. The van der Waals surface area contributed by atoms with E-state index in [1.807, 2.05) is 29.2 Å². The molecule has 5 heteroatoms. The van der Waals surface area contributed by atoms with Gasteiger partial charge in [-0.3, -0.25) is 9.59 Å². The van der Waals surface area contributed by atoms with Gasteiger partial charge in [-0.2, -0.15) is 0 Å². The van der Waals surface area contributed by atoms with Crippen LogP contribution in [0, 0.1) is 0 Å². The van der Waals surface area contributed by atoms with E-state index in [-0.39, 0.29) is 29.5 Å². The van der Waals surface area contributed by atoms with Gasteiger partial charge >= 0.3 is 0 Å². The van der Waals surface area contributed by atoms with Crippen LogP contribution in [0.5, 0.6) is 0 Å². The van der Waals surface area contributed by atoms with E-state index in [2.05, 4.69) is 26.1 Å². The summed E-state index contributed by atoms with van der Waals surface area (Å²) >= 11 is 1.50. The zero-order valence-electron chi connectivity index (χ0n) is 15.6. The Hall–Kier alpha value is -1.49. The number of carbonyl (C=O) groups excluding carboxylic acids is 2. The van der Waals surface area contributed by atoms with Crippen molar-refractivity contribution in [2.45, 2.75) is 75.5 Å². The molecule has 0 aliphatic carbocycles. The molecule has 2 amide bonds. The number of carbonyl (C=O) groups is 2. The highest BCUT2D eigenvalue weighted by Crippen LogP contribution is 2.36. The molecule has 1 aromatic carbocycles. The van der Waals surface area contributed by atoms with E-state index in [0.717, 1.165) is 49.2 Å². The fourth-order valence-electron chi connectivity index (χ4n) is 3.20. The molecule has 0 saturated heterocycles. The lowest BCUT2D eigenvalue weighted by Crippen LogP contribution is -2.42. The zero-order valence-corrected chi connectivity index (χ0v) is 16.4. The molecule has 138 valence electrons. The van der Waals surface area contributed by atoms with Gasteiger partial charge in [0.05, 0.1) is 10.9 Å².